The van der Waals surface area contributed by atoms with Gasteiger partial charge in [-0.2, -0.15) is 11.8 Å². The number of hydrogen-bond donors (Lipinski definition) is 2. The molecule has 0 radical (unpaired) electrons. The molecule has 0 atom stereocenters. The van der Waals surface area contributed by atoms with Gasteiger partial charge in [-0.1, -0.05) is 0 Å². The number of H-pyrrole nitrogens is 1. The summed E-state index contributed by atoms with van der Waals surface area (Å²) in [6.07, 6.45) is 0.275. The summed E-state index contributed by atoms with van der Waals surface area (Å²) < 4.78 is 0. The molecule has 0 unspecified atom stereocenters. The van der Waals surface area contributed by atoms with E-state index < -0.39 is 5.97 Å². The van der Waals surface area contributed by atoms with Crippen LogP contribution in [0.3, 0.4) is 0 Å². The smallest absolute Gasteiger partial charge is 0.303 e. The minimum absolute atomic E-state index is 0.00509. The first-order valence-electron chi connectivity index (χ1n) is 4.57. The molecule has 1 aliphatic heterocycles. The maximum absolute atomic E-state index is 11.5. The van der Waals surface area contributed by atoms with Gasteiger partial charge in [0, 0.05) is 23.5 Å². The number of nitrogens with zero attached hydrogens (tertiary/aromatic N) is 1. The van der Waals surface area contributed by atoms with Crippen LogP contribution in [0.25, 0.3) is 0 Å². The van der Waals surface area contributed by atoms with E-state index in [1.165, 1.54) is 0 Å². The molecule has 0 bridgehead atoms. The van der Waals surface area contributed by atoms with Crippen LogP contribution < -0.4 is 5.56 Å². The molecule has 0 fully saturated rings. The zero-order chi connectivity index (χ0) is 10.8. The molecule has 5 nitrogen and oxygen atoms in total. The molecule has 2 N–H and O–H groups in total. The average Bonchev–Trinajstić information content (AvgIpc) is 2.63. The third-order valence-electron chi connectivity index (χ3n) is 2.21. The predicted molar refractivity (Wildman–Crippen MR) is 55.8 cm³/mol. The minimum Gasteiger partial charge on any atom is -0.481 e. The molecule has 1 aromatic rings. The molecule has 0 saturated carbocycles. The first-order valence-corrected chi connectivity index (χ1v) is 5.73. The van der Waals surface area contributed by atoms with Gasteiger partial charge in [0.25, 0.3) is 5.56 Å². The second kappa shape index (κ2) is 4.06. The van der Waals surface area contributed by atoms with Gasteiger partial charge in [0.2, 0.25) is 0 Å². The number of carboxylic acids is 1. The van der Waals surface area contributed by atoms with Gasteiger partial charge < -0.3 is 10.1 Å². The quantitative estimate of drug-likeness (QED) is 0.785. The first-order chi connectivity index (χ1) is 7.16. The van der Waals surface area contributed by atoms with Crippen molar-refractivity contribution in [3.05, 3.63) is 27.4 Å². The number of carboxylic acid groups (broad SMARTS) is 1. The van der Waals surface area contributed by atoms with Crippen molar-refractivity contribution in [1.82, 2.24) is 9.97 Å². The summed E-state index contributed by atoms with van der Waals surface area (Å²) in [5.74, 6) is 1.05. The number of hydrogen-bond acceptors (Lipinski definition) is 4. The molecule has 1 aromatic heterocycles. The van der Waals surface area contributed by atoms with Gasteiger partial charge in [0.1, 0.15) is 5.82 Å². The highest BCUT2D eigenvalue weighted by Crippen LogP contribution is 2.25. The van der Waals surface area contributed by atoms with Crippen LogP contribution in [0.5, 0.6) is 0 Å². The lowest BCUT2D eigenvalue weighted by molar-refractivity contribution is -0.137. The van der Waals surface area contributed by atoms with Crippen molar-refractivity contribution in [1.29, 1.82) is 0 Å². The third-order valence-corrected chi connectivity index (χ3v) is 3.18. The van der Waals surface area contributed by atoms with Crippen molar-refractivity contribution >= 4 is 17.7 Å². The minimum atomic E-state index is -0.882. The molecule has 0 aromatic carbocycles. The summed E-state index contributed by atoms with van der Waals surface area (Å²) in [6.45, 7) is 0. The fourth-order valence-corrected chi connectivity index (χ4v) is 2.49. The van der Waals surface area contributed by atoms with Crippen LogP contribution in [0, 0.1) is 0 Å². The largest absolute Gasteiger partial charge is 0.481 e. The van der Waals surface area contributed by atoms with Crippen LogP contribution in [0.15, 0.2) is 4.79 Å². The van der Waals surface area contributed by atoms with Crippen molar-refractivity contribution in [3.8, 4) is 0 Å². The molecular weight excluding hydrogens is 216 g/mol. The lowest BCUT2D eigenvalue weighted by atomic mass is 10.2. The van der Waals surface area contributed by atoms with E-state index in [0.29, 0.717) is 11.6 Å². The first kappa shape index (κ1) is 10.2. The fourth-order valence-electron chi connectivity index (χ4n) is 1.46. The summed E-state index contributed by atoms with van der Waals surface area (Å²) in [5, 5.41) is 8.51. The fraction of sp³-hybridized carbons (Fsp3) is 0.444. The topological polar surface area (TPSA) is 83.0 Å². The summed E-state index contributed by atoms with van der Waals surface area (Å²) in [7, 11) is 0. The number of aromatic amines is 1. The highest BCUT2D eigenvalue weighted by Gasteiger charge is 2.17. The Bertz CT molecular complexity index is 455. The Kier molecular flexibility index (Phi) is 2.77. The molecule has 1 aliphatic rings. The molecule has 0 spiro atoms. The average molecular weight is 226 g/mol. The molecule has 6 heteroatoms. The lowest BCUT2D eigenvalue weighted by Crippen LogP contribution is -2.17. The van der Waals surface area contributed by atoms with Crippen molar-refractivity contribution in [2.24, 2.45) is 0 Å². The highest BCUT2D eigenvalue weighted by atomic mass is 32.2. The molecule has 15 heavy (non-hydrogen) atoms. The number of carbonyl (C=O) groups is 1. The Balaban J connectivity index is 2.24. The highest BCUT2D eigenvalue weighted by molar-refractivity contribution is 7.98. The molecule has 0 saturated heterocycles. The second-order valence-corrected chi connectivity index (χ2v) is 4.31. The van der Waals surface area contributed by atoms with E-state index >= 15 is 0 Å². The molecular formula is C9H10N2O3S. The third kappa shape index (κ3) is 2.20. The zero-order valence-corrected chi connectivity index (χ0v) is 8.76. The molecule has 2 heterocycles. The van der Waals surface area contributed by atoms with Gasteiger partial charge in [-0.15, -0.1) is 0 Å². The molecule has 0 amide bonds. The van der Waals surface area contributed by atoms with Gasteiger partial charge in [-0.25, -0.2) is 4.98 Å². The Morgan fingerprint density at radius 3 is 3.07 bits per heavy atom. The summed E-state index contributed by atoms with van der Waals surface area (Å²) in [4.78, 5) is 28.8. The molecule has 80 valence electrons. The summed E-state index contributed by atoms with van der Waals surface area (Å²) in [5.41, 5.74) is 1.42. The van der Waals surface area contributed by atoms with E-state index in [1.807, 2.05) is 0 Å². The SMILES string of the molecule is O=C(O)CCc1nc2c(c(=O)[nH]1)CSC2. The van der Waals surface area contributed by atoms with E-state index in [2.05, 4.69) is 9.97 Å². The van der Waals surface area contributed by atoms with E-state index in [0.717, 1.165) is 17.0 Å². The van der Waals surface area contributed by atoms with Crippen LogP contribution in [-0.2, 0) is 22.7 Å². The van der Waals surface area contributed by atoms with Crippen molar-refractivity contribution in [2.45, 2.75) is 24.3 Å². The predicted octanol–water partition coefficient (Wildman–Crippen LogP) is 0.534. The van der Waals surface area contributed by atoms with Gasteiger partial charge in [-0.3, -0.25) is 9.59 Å². The number of thioether (sulfide) groups is 1. The van der Waals surface area contributed by atoms with Crippen LogP contribution >= 0.6 is 11.8 Å². The van der Waals surface area contributed by atoms with Crippen molar-refractivity contribution in [2.75, 3.05) is 0 Å². The van der Waals surface area contributed by atoms with Gasteiger partial charge >= 0.3 is 5.97 Å². The van der Waals surface area contributed by atoms with E-state index in [4.69, 9.17) is 5.11 Å². The lowest BCUT2D eigenvalue weighted by Gasteiger charge is -2.01. The van der Waals surface area contributed by atoms with E-state index in [1.54, 1.807) is 11.8 Å². The Hall–Kier alpha value is -1.30. The molecule has 2 rings (SSSR count). The Morgan fingerprint density at radius 1 is 1.53 bits per heavy atom. The van der Waals surface area contributed by atoms with Gasteiger partial charge in [0.15, 0.2) is 0 Å². The van der Waals surface area contributed by atoms with Gasteiger partial charge in [0.05, 0.1) is 12.1 Å². The monoisotopic (exact) mass is 226 g/mol. The summed E-state index contributed by atoms with van der Waals surface area (Å²) >= 11 is 1.65. The van der Waals surface area contributed by atoms with Crippen LogP contribution in [0.1, 0.15) is 23.5 Å². The van der Waals surface area contributed by atoms with Gasteiger partial charge in [-0.05, 0) is 0 Å². The van der Waals surface area contributed by atoms with Crippen molar-refractivity contribution < 1.29 is 9.90 Å². The maximum Gasteiger partial charge on any atom is 0.303 e. The maximum atomic E-state index is 11.5. The second-order valence-electron chi connectivity index (χ2n) is 3.32. The Labute approximate surface area is 89.9 Å². The number of rotatable bonds is 3. The van der Waals surface area contributed by atoms with Crippen LogP contribution in [0.4, 0.5) is 0 Å². The zero-order valence-electron chi connectivity index (χ0n) is 7.95. The number of nitrogens with one attached hydrogen (secondary N) is 1. The van der Waals surface area contributed by atoms with Crippen molar-refractivity contribution in [3.63, 3.8) is 0 Å². The normalized spacial score (nSPS) is 13.9. The molecule has 0 aliphatic carbocycles. The summed E-state index contributed by atoms with van der Waals surface area (Å²) in [6, 6.07) is 0. The number of aromatic nitrogens is 2. The van der Waals surface area contributed by atoms with Crippen LogP contribution in [0.2, 0.25) is 0 Å². The number of aryl methyl sites for hydroxylation is 1. The number of aliphatic carboxylic acids is 1. The van der Waals surface area contributed by atoms with E-state index in [9.17, 15) is 9.59 Å². The van der Waals surface area contributed by atoms with Crippen LogP contribution in [-0.4, -0.2) is 21.0 Å². The number of fused-ring (bicyclic) bond motifs is 1. The Morgan fingerprint density at radius 2 is 2.33 bits per heavy atom. The van der Waals surface area contributed by atoms with E-state index in [-0.39, 0.29) is 18.4 Å². The standard InChI is InChI=1S/C9H10N2O3S/c12-8(13)2-1-7-10-6-4-15-3-5(6)9(14)11-7/h1-4H2,(H,12,13)(H,10,11,14).